The van der Waals surface area contributed by atoms with Crippen molar-refractivity contribution in [1.29, 1.82) is 0 Å². The smallest absolute Gasteiger partial charge is 0.156 e. The normalized spacial score (nSPS) is 11.0. The van der Waals surface area contributed by atoms with E-state index in [9.17, 15) is 0 Å². The number of aliphatic hydroxyl groups excluding tert-OH is 2. The molecule has 0 aliphatic carbocycles. The molecule has 0 aliphatic rings. The zero-order valence-electron chi connectivity index (χ0n) is 8.54. The number of hydrogen-bond acceptors (Lipinski definition) is 3. The van der Waals surface area contributed by atoms with E-state index in [1.807, 2.05) is 0 Å². The van der Waals surface area contributed by atoms with Crippen molar-refractivity contribution in [3.05, 3.63) is 0 Å². The summed E-state index contributed by atoms with van der Waals surface area (Å²) in [6.07, 6.45) is 0.837. The topological polar surface area (TPSA) is 60.7 Å². The molecule has 3 nitrogen and oxygen atoms in total. The molecule has 0 radical (unpaired) electrons. The summed E-state index contributed by atoms with van der Waals surface area (Å²) in [5.74, 6) is 0. The lowest BCUT2D eigenvalue weighted by atomic mass is 9.96. The Morgan fingerprint density at radius 2 is 1.50 bits per heavy atom. The Bertz CT molecular complexity index is 82.3. The van der Waals surface area contributed by atoms with Gasteiger partial charge >= 0.3 is 0 Å². The van der Waals surface area contributed by atoms with Crippen LogP contribution in [0.25, 0.3) is 0 Å². The van der Waals surface area contributed by atoms with Crippen molar-refractivity contribution >= 4 is 0 Å². The number of aliphatic hydroxyl groups is 3. The number of hydrogen-bond donors (Lipinski definition) is 3. The standard InChI is InChI=1S/C5H12O2.C4H10O/c1-5(2,3)4(6)7;1-2-3-4-5/h4,6-7H,1-3H3;5H,2-4H2,1H3. The van der Waals surface area contributed by atoms with Gasteiger partial charge in [-0.05, 0) is 6.42 Å². The maximum Gasteiger partial charge on any atom is 0.156 e. The van der Waals surface area contributed by atoms with Crippen molar-refractivity contribution in [3.63, 3.8) is 0 Å². The van der Waals surface area contributed by atoms with Crippen molar-refractivity contribution in [2.75, 3.05) is 6.61 Å². The van der Waals surface area contributed by atoms with Gasteiger partial charge in [0, 0.05) is 12.0 Å². The van der Waals surface area contributed by atoms with E-state index in [0.29, 0.717) is 6.61 Å². The van der Waals surface area contributed by atoms with Crippen LogP contribution in [-0.4, -0.2) is 28.2 Å². The Labute approximate surface area is 75.0 Å². The predicted octanol–water partition coefficient (Wildman–Crippen LogP) is 1.12. The van der Waals surface area contributed by atoms with E-state index >= 15 is 0 Å². The SMILES string of the molecule is CC(C)(C)C(O)O.CCCCO. The highest BCUT2D eigenvalue weighted by atomic mass is 16.5. The zero-order chi connectivity index (χ0) is 10.2. The van der Waals surface area contributed by atoms with Gasteiger partial charge in [0.05, 0.1) is 0 Å². The van der Waals surface area contributed by atoms with E-state index in [2.05, 4.69) is 6.92 Å². The Morgan fingerprint density at radius 3 is 1.50 bits per heavy atom. The Kier molecular flexibility index (Phi) is 9.03. The minimum atomic E-state index is -1.20. The average Bonchev–Trinajstić information content (AvgIpc) is 1.88. The lowest BCUT2D eigenvalue weighted by molar-refractivity contribution is -0.113. The second kappa shape index (κ2) is 7.53. The summed E-state index contributed by atoms with van der Waals surface area (Å²) in [6.45, 7) is 7.68. The predicted molar refractivity (Wildman–Crippen MR) is 49.7 cm³/mol. The van der Waals surface area contributed by atoms with Crippen LogP contribution in [0.15, 0.2) is 0 Å². The van der Waals surface area contributed by atoms with E-state index in [1.165, 1.54) is 0 Å². The molecule has 3 heteroatoms. The summed E-state index contributed by atoms with van der Waals surface area (Å²) in [6, 6.07) is 0. The molecular formula is C9H22O3. The third kappa shape index (κ3) is 12.5. The molecule has 0 aliphatic heterocycles. The Morgan fingerprint density at radius 1 is 1.17 bits per heavy atom. The summed E-state index contributed by atoms with van der Waals surface area (Å²) < 4.78 is 0. The molecule has 3 N–H and O–H groups in total. The highest BCUT2D eigenvalue weighted by Gasteiger charge is 2.18. The lowest BCUT2D eigenvalue weighted by Crippen LogP contribution is -2.24. The molecular weight excluding hydrogens is 156 g/mol. The van der Waals surface area contributed by atoms with E-state index in [-0.39, 0.29) is 5.41 Å². The number of unbranched alkanes of at least 4 members (excludes halogenated alkanes) is 1. The second-order valence-corrected chi connectivity index (χ2v) is 3.82. The summed E-state index contributed by atoms with van der Waals surface area (Å²) in [4.78, 5) is 0. The van der Waals surface area contributed by atoms with Crippen LogP contribution in [0.3, 0.4) is 0 Å². The zero-order valence-corrected chi connectivity index (χ0v) is 8.54. The van der Waals surface area contributed by atoms with Gasteiger partial charge in [-0.1, -0.05) is 34.1 Å². The van der Waals surface area contributed by atoms with Crippen molar-refractivity contribution in [2.24, 2.45) is 5.41 Å². The first-order chi connectivity index (χ1) is 5.36. The van der Waals surface area contributed by atoms with Crippen LogP contribution in [0.1, 0.15) is 40.5 Å². The van der Waals surface area contributed by atoms with Crippen LogP contribution in [-0.2, 0) is 0 Å². The molecule has 0 atom stereocenters. The quantitative estimate of drug-likeness (QED) is 0.555. The summed E-state index contributed by atoms with van der Waals surface area (Å²) in [7, 11) is 0. The van der Waals surface area contributed by atoms with Gasteiger partial charge in [-0.25, -0.2) is 0 Å². The number of rotatable bonds is 2. The molecule has 0 aromatic carbocycles. The molecule has 0 heterocycles. The fourth-order valence-electron chi connectivity index (χ4n) is 0.158. The van der Waals surface area contributed by atoms with Gasteiger partial charge < -0.3 is 15.3 Å². The molecule has 0 saturated carbocycles. The van der Waals surface area contributed by atoms with Crippen LogP contribution >= 0.6 is 0 Å². The van der Waals surface area contributed by atoms with Crippen molar-refractivity contribution in [3.8, 4) is 0 Å². The van der Waals surface area contributed by atoms with Crippen LogP contribution in [0, 0.1) is 5.41 Å². The van der Waals surface area contributed by atoms with Crippen molar-refractivity contribution in [2.45, 2.75) is 46.8 Å². The third-order valence-electron chi connectivity index (χ3n) is 1.29. The van der Waals surface area contributed by atoms with Gasteiger partial charge in [-0.2, -0.15) is 0 Å². The molecule has 0 aromatic heterocycles. The largest absolute Gasteiger partial charge is 0.396 e. The van der Waals surface area contributed by atoms with Gasteiger partial charge in [0.15, 0.2) is 6.29 Å². The summed E-state index contributed by atoms with van der Waals surface area (Å²) >= 11 is 0. The fraction of sp³-hybridized carbons (Fsp3) is 1.00. The fourth-order valence-corrected chi connectivity index (χ4v) is 0.158. The minimum Gasteiger partial charge on any atom is -0.396 e. The Balaban J connectivity index is 0. The third-order valence-corrected chi connectivity index (χ3v) is 1.29. The second-order valence-electron chi connectivity index (χ2n) is 3.82. The van der Waals surface area contributed by atoms with Crippen LogP contribution in [0.2, 0.25) is 0 Å². The molecule has 0 saturated heterocycles. The van der Waals surface area contributed by atoms with Gasteiger partial charge in [-0.15, -0.1) is 0 Å². The summed E-state index contributed by atoms with van der Waals surface area (Å²) in [5.41, 5.74) is -0.389. The molecule has 0 aromatic rings. The molecule has 76 valence electrons. The van der Waals surface area contributed by atoms with Crippen LogP contribution < -0.4 is 0 Å². The van der Waals surface area contributed by atoms with Gasteiger partial charge in [0.1, 0.15) is 0 Å². The first-order valence-electron chi connectivity index (χ1n) is 4.33. The van der Waals surface area contributed by atoms with E-state index in [1.54, 1.807) is 20.8 Å². The lowest BCUT2D eigenvalue weighted by Gasteiger charge is -2.19. The van der Waals surface area contributed by atoms with E-state index in [4.69, 9.17) is 15.3 Å². The first-order valence-corrected chi connectivity index (χ1v) is 4.33. The van der Waals surface area contributed by atoms with Crippen molar-refractivity contribution in [1.82, 2.24) is 0 Å². The monoisotopic (exact) mass is 178 g/mol. The van der Waals surface area contributed by atoms with Gasteiger partial charge in [0.25, 0.3) is 0 Å². The van der Waals surface area contributed by atoms with E-state index < -0.39 is 6.29 Å². The highest BCUT2D eigenvalue weighted by molar-refractivity contribution is 4.61. The van der Waals surface area contributed by atoms with Crippen LogP contribution in [0.5, 0.6) is 0 Å². The molecule has 12 heavy (non-hydrogen) atoms. The van der Waals surface area contributed by atoms with Gasteiger partial charge in [0.2, 0.25) is 0 Å². The van der Waals surface area contributed by atoms with Gasteiger partial charge in [-0.3, -0.25) is 0 Å². The maximum absolute atomic E-state index is 8.44. The van der Waals surface area contributed by atoms with Crippen LogP contribution in [0.4, 0.5) is 0 Å². The molecule has 0 spiro atoms. The highest BCUT2D eigenvalue weighted by Crippen LogP contribution is 2.15. The molecule has 0 rings (SSSR count). The van der Waals surface area contributed by atoms with Crippen molar-refractivity contribution < 1.29 is 15.3 Å². The average molecular weight is 178 g/mol. The maximum atomic E-state index is 8.44. The molecule has 0 unspecified atom stereocenters. The van der Waals surface area contributed by atoms with E-state index in [0.717, 1.165) is 12.8 Å². The molecule has 0 fully saturated rings. The summed E-state index contributed by atoms with van der Waals surface area (Å²) in [5, 5.41) is 25.0. The molecule has 0 amide bonds. The first kappa shape index (κ1) is 14.4. The Hall–Kier alpha value is -0.120. The minimum absolute atomic E-state index is 0.344. The molecule has 0 bridgehead atoms.